The third-order valence-electron chi connectivity index (χ3n) is 6.44. The van der Waals surface area contributed by atoms with E-state index in [1.165, 1.54) is 17.0 Å². The lowest BCUT2D eigenvalue weighted by Gasteiger charge is -2.33. The molecule has 0 bridgehead atoms. The van der Waals surface area contributed by atoms with E-state index in [9.17, 15) is 18.0 Å². The zero-order valence-electron chi connectivity index (χ0n) is 22.9. The minimum atomic E-state index is -4.10. The number of benzene rings is 3. The summed E-state index contributed by atoms with van der Waals surface area (Å²) in [7, 11) is -4.10. The van der Waals surface area contributed by atoms with Crippen molar-refractivity contribution < 1.29 is 18.0 Å². The van der Waals surface area contributed by atoms with Crippen molar-refractivity contribution in [2.75, 3.05) is 17.4 Å². The highest BCUT2D eigenvalue weighted by Crippen LogP contribution is 2.26. The van der Waals surface area contributed by atoms with Gasteiger partial charge in [-0.2, -0.15) is 0 Å². The standard InChI is InChI=1S/C30H36ClN3O4S/c1-5-19-32-30(36)28(6-2)33(20-24-9-7-8-10-27(24)31)29(35)21-34(25-15-11-22(3)12-16-25)39(37,38)26-17-13-23(4)14-18-26/h7-18,28H,5-6,19-21H2,1-4H3,(H,32,36)/t28-/m1/s1. The van der Waals surface area contributed by atoms with Gasteiger partial charge in [0.25, 0.3) is 10.0 Å². The maximum Gasteiger partial charge on any atom is 0.264 e. The maximum absolute atomic E-state index is 14.0. The zero-order chi connectivity index (χ0) is 28.6. The minimum Gasteiger partial charge on any atom is -0.354 e. The fourth-order valence-electron chi connectivity index (χ4n) is 4.17. The SMILES string of the molecule is CCCNC(=O)[C@@H](CC)N(Cc1ccccc1Cl)C(=O)CN(c1ccc(C)cc1)S(=O)(=O)c1ccc(C)cc1. The molecule has 0 spiro atoms. The number of halogens is 1. The van der Waals surface area contributed by atoms with Crippen molar-refractivity contribution >= 4 is 39.1 Å². The first-order chi connectivity index (χ1) is 18.6. The maximum atomic E-state index is 14.0. The molecule has 7 nitrogen and oxygen atoms in total. The molecule has 0 unspecified atom stereocenters. The molecule has 0 aliphatic rings. The molecule has 2 amide bonds. The van der Waals surface area contributed by atoms with E-state index in [1.54, 1.807) is 54.6 Å². The second kappa shape index (κ2) is 13.6. The van der Waals surface area contributed by atoms with E-state index in [2.05, 4.69) is 5.32 Å². The van der Waals surface area contributed by atoms with Crippen LogP contribution in [0.3, 0.4) is 0 Å². The van der Waals surface area contributed by atoms with Gasteiger partial charge in [-0.1, -0.05) is 79.0 Å². The van der Waals surface area contributed by atoms with Gasteiger partial charge >= 0.3 is 0 Å². The molecule has 0 aliphatic carbocycles. The molecular formula is C30H36ClN3O4S. The summed E-state index contributed by atoms with van der Waals surface area (Å²) in [6.45, 7) is 7.59. The van der Waals surface area contributed by atoms with Gasteiger partial charge < -0.3 is 10.2 Å². The van der Waals surface area contributed by atoms with Gasteiger partial charge in [0.05, 0.1) is 10.6 Å². The number of aryl methyl sites for hydroxylation is 2. The molecule has 1 atom stereocenters. The first-order valence-electron chi connectivity index (χ1n) is 13.0. The van der Waals surface area contributed by atoms with Crippen LogP contribution in [0.5, 0.6) is 0 Å². The van der Waals surface area contributed by atoms with Crippen LogP contribution >= 0.6 is 11.6 Å². The highest BCUT2D eigenvalue weighted by molar-refractivity contribution is 7.92. The summed E-state index contributed by atoms with van der Waals surface area (Å²) in [6, 6.07) is 19.8. The average Bonchev–Trinajstić information content (AvgIpc) is 2.92. The van der Waals surface area contributed by atoms with Crippen LogP contribution < -0.4 is 9.62 Å². The highest BCUT2D eigenvalue weighted by atomic mass is 35.5. The van der Waals surface area contributed by atoms with Gasteiger partial charge in [-0.15, -0.1) is 0 Å². The van der Waals surface area contributed by atoms with Gasteiger partial charge in [0.1, 0.15) is 12.6 Å². The summed E-state index contributed by atoms with van der Waals surface area (Å²) >= 11 is 6.42. The van der Waals surface area contributed by atoms with E-state index in [0.717, 1.165) is 21.9 Å². The minimum absolute atomic E-state index is 0.0584. The Balaban J connectivity index is 2.05. The van der Waals surface area contributed by atoms with Crippen LogP contribution in [0.2, 0.25) is 5.02 Å². The number of rotatable bonds is 12. The number of nitrogens with one attached hydrogen (secondary N) is 1. The predicted octanol–water partition coefficient (Wildman–Crippen LogP) is 5.49. The summed E-state index contributed by atoms with van der Waals surface area (Å²) in [5, 5.41) is 3.33. The third kappa shape index (κ3) is 7.61. The first-order valence-corrected chi connectivity index (χ1v) is 14.9. The van der Waals surface area contributed by atoms with E-state index in [-0.39, 0.29) is 17.3 Å². The van der Waals surface area contributed by atoms with Crippen molar-refractivity contribution in [3.63, 3.8) is 0 Å². The first kappa shape index (κ1) is 30.2. The number of carbonyl (C=O) groups is 2. The van der Waals surface area contributed by atoms with Gasteiger partial charge in [-0.25, -0.2) is 8.42 Å². The molecule has 3 aromatic carbocycles. The van der Waals surface area contributed by atoms with Gasteiger partial charge in [0.15, 0.2) is 0 Å². The Morgan fingerprint density at radius 2 is 1.49 bits per heavy atom. The Morgan fingerprint density at radius 3 is 2.05 bits per heavy atom. The highest BCUT2D eigenvalue weighted by Gasteiger charge is 2.33. The molecule has 0 saturated heterocycles. The van der Waals surface area contributed by atoms with Crippen molar-refractivity contribution in [2.45, 2.75) is 58.0 Å². The Bertz CT molecular complexity index is 1380. The number of sulfonamides is 1. The molecule has 1 N–H and O–H groups in total. The van der Waals surface area contributed by atoms with Crippen LogP contribution in [0.4, 0.5) is 5.69 Å². The quantitative estimate of drug-likeness (QED) is 0.313. The molecule has 3 rings (SSSR count). The molecule has 208 valence electrons. The Labute approximate surface area is 236 Å². The van der Waals surface area contributed by atoms with Gasteiger partial charge in [-0.05, 0) is 62.6 Å². The van der Waals surface area contributed by atoms with E-state index < -0.39 is 28.5 Å². The van der Waals surface area contributed by atoms with Gasteiger partial charge in [0, 0.05) is 18.1 Å². The van der Waals surface area contributed by atoms with E-state index in [4.69, 9.17) is 11.6 Å². The van der Waals surface area contributed by atoms with E-state index in [0.29, 0.717) is 29.2 Å². The smallest absolute Gasteiger partial charge is 0.264 e. The average molecular weight is 570 g/mol. The summed E-state index contributed by atoms with van der Waals surface area (Å²) in [4.78, 5) is 28.6. The predicted molar refractivity (Wildman–Crippen MR) is 156 cm³/mol. The number of nitrogens with zero attached hydrogens (tertiary/aromatic N) is 2. The Hall–Kier alpha value is -3.36. The number of anilines is 1. The molecule has 0 aliphatic heterocycles. The largest absolute Gasteiger partial charge is 0.354 e. The lowest BCUT2D eigenvalue weighted by atomic mass is 10.1. The molecule has 9 heteroatoms. The molecule has 3 aromatic rings. The number of amides is 2. The molecule has 0 heterocycles. The van der Waals surface area contributed by atoms with Crippen molar-refractivity contribution in [2.24, 2.45) is 0 Å². The molecule has 0 aromatic heterocycles. The van der Waals surface area contributed by atoms with Crippen LogP contribution in [0.15, 0.2) is 77.7 Å². The normalized spacial score (nSPS) is 12.0. The fourth-order valence-corrected chi connectivity index (χ4v) is 5.78. The number of carbonyl (C=O) groups excluding carboxylic acids is 2. The molecule has 0 fully saturated rings. The third-order valence-corrected chi connectivity index (χ3v) is 8.60. The Morgan fingerprint density at radius 1 is 0.897 bits per heavy atom. The van der Waals surface area contributed by atoms with Crippen LogP contribution in [-0.2, 0) is 26.2 Å². The lowest BCUT2D eigenvalue weighted by Crippen LogP contribution is -2.52. The van der Waals surface area contributed by atoms with E-state index >= 15 is 0 Å². The lowest BCUT2D eigenvalue weighted by molar-refractivity contribution is -0.140. The molecule has 39 heavy (non-hydrogen) atoms. The summed E-state index contributed by atoms with van der Waals surface area (Å²) < 4.78 is 28.8. The van der Waals surface area contributed by atoms with Crippen LogP contribution in [-0.4, -0.2) is 44.3 Å². The topological polar surface area (TPSA) is 86.8 Å². The van der Waals surface area contributed by atoms with Crippen LogP contribution in [0.25, 0.3) is 0 Å². The molecule has 0 radical (unpaired) electrons. The summed E-state index contributed by atoms with van der Waals surface area (Å²) in [6.07, 6.45) is 1.09. The van der Waals surface area contributed by atoms with Gasteiger partial charge in [0.2, 0.25) is 11.8 Å². The summed E-state index contributed by atoms with van der Waals surface area (Å²) in [5.74, 6) is -0.798. The second-order valence-electron chi connectivity index (χ2n) is 9.49. The fraction of sp³-hybridized carbons (Fsp3) is 0.333. The second-order valence-corrected chi connectivity index (χ2v) is 11.8. The van der Waals surface area contributed by atoms with Crippen molar-refractivity contribution in [1.29, 1.82) is 0 Å². The van der Waals surface area contributed by atoms with E-state index in [1.807, 2.05) is 33.8 Å². The van der Waals surface area contributed by atoms with Crippen molar-refractivity contribution in [3.05, 3.63) is 94.5 Å². The zero-order valence-corrected chi connectivity index (χ0v) is 24.4. The van der Waals surface area contributed by atoms with Gasteiger partial charge in [-0.3, -0.25) is 13.9 Å². The number of hydrogen-bond donors (Lipinski definition) is 1. The molecule has 0 saturated carbocycles. The van der Waals surface area contributed by atoms with Crippen molar-refractivity contribution in [1.82, 2.24) is 10.2 Å². The van der Waals surface area contributed by atoms with Crippen LogP contribution in [0.1, 0.15) is 43.4 Å². The summed E-state index contributed by atoms with van der Waals surface area (Å²) in [5.41, 5.74) is 2.90. The van der Waals surface area contributed by atoms with Crippen molar-refractivity contribution in [3.8, 4) is 0 Å². The Kier molecular flexibility index (Phi) is 10.5. The van der Waals surface area contributed by atoms with Crippen LogP contribution in [0, 0.1) is 13.8 Å². The monoisotopic (exact) mass is 569 g/mol. The number of hydrogen-bond acceptors (Lipinski definition) is 4. The molecular weight excluding hydrogens is 534 g/mol.